The fraction of sp³-hybridized carbons (Fsp3) is 0.389. The lowest BCUT2D eigenvalue weighted by Gasteiger charge is -2.08. The minimum absolute atomic E-state index is 0.249. The maximum atomic E-state index is 11.9. The zero-order valence-electron chi connectivity index (χ0n) is 13.5. The van der Waals surface area contributed by atoms with Gasteiger partial charge in [-0.1, -0.05) is 30.7 Å². The molecule has 0 aliphatic heterocycles. The monoisotopic (exact) mass is 303 g/mol. The Kier molecular flexibility index (Phi) is 7.23. The molecule has 0 fully saturated rings. The Bertz CT molecular complexity index is 557. The standard InChI is InChI=1S/C18H25NO3/c1-13(2)7-6-8-14(3)11-12-17(20)22-18(21)15-9-4-5-10-16(15)19/h4-5,7,9-10,12,14,20H,6,8,11,19H2,1-3H3. The average molecular weight is 303 g/mol. The van der Waals surface area contributed by atoms with Crippen molar-refractivity contribution < 1.29 is 14.6 Å². The summed E-state index contributed by atoms with van der Waals surface area (Å²) in [5, 5.41) is 9.70. The fourth-order valence-corrected chi connectivity index (χ4v) is 1.95. The first-order valence-electron chi connectivity index (χ1n) is 7.49. The molecule has 4 nitrogen and oxygen atoms in total. The van der Waals surface area contributed by atoms with Crippen LogP contribution in [-0.4, -0.2) is 11.1 Å². The Balaban J connectivity index is 2.47. The van der Waals surface area contributed by atoms with Gasteiger partial charge >= 0.3 is 5.97 Å². The van der Waals surface area contributed by atoms with Gasteiger partial charge in [0.1, 0.15) is 0 Å². The fourth-order valence-electron chi connectivity index (χ4n) is 1.95. The molecule has 1 unspecified atom stereocenters. The highest BCUT2D eigenvalue weighted by Gasteiger charge is 2.12. The van der Waals surface area contributed by atoms with Crippen LogP contribution in [0.4, 0.5) is 5.69 Å². The first-order chi connectivity index (χ1) is 10.4. The van der Waals surface area contributed by atoms with Crippen molar-refractivity contribution in [3.8, 4) is 0 Å². The van der Waals surface area contributed by atoms with Crippen molar-refractivity contribution in [2.24, 2.45) is 5.92 Å². The van der Waals surface area contributed by atoms with Crippen molar-refractivity contribution in [3.63, 3.8) is 0 Å². The predicted molar refractivity (Wildman–Crippen MR) is 89.4 cm³/mol. The van der Waals surface area contributed by atoms with Gasteiger partial charge in [0.15, 0.2) is 0 Å². The van der Waals surface area contributed by atoms with Gasteiger partial charge in [-0.2, -0.15) is 0 Å². The molecule has 1 atom stereocenters. The molecule has 0 heterocycles. The van der Waals surface area contributed by atoms with Gasteiger partial charge in [-0.05, 0) is 57.2 Å². The topological polar surface area (TPSA) is 72.5 Å². The minimum Gasteiger partial charge on any atom is -0.481 e. The highest BCUT2D eigenvalue weighted by Crippen LogP contribution is 2.16. The largest absolute Gasteiger partial charge is 0.481 e. The average Bonchev–Trinajstić information content (AvgIpc) is 2.45. The number of anilines is 1. The Morgan fingerprint density at radius 2 is 2.00 bits per heavy atom. The van der Waals surface area contributed by atoms with Gasteiger partial charge in [-0.15, -0.1) is 0 Å². The first-order valence-corrected chi connectivity index (χ1v) is 7.49. The summed E-state index contributed by atoms with van der Waals surface area (Å²) in [5.74, 6) is -0.621. The van der Waals surface area contributed by atoms with Crippen LogP contribution in [0.5, 0.6) is 0 Å². The van der Waals surface area contributed by atoms with E-state index in [0.717, 1.165) is 12.8 Å². The van der Waals surface area contributed by atoms with Crippen LogP contribution in [0.1, 0.15) is 50.4 Å². The number of hydrogen-bond acceptors (Lipinski definition) is 4. The molecule has 0 amide bonds. The highest BCUT2D eigenvalue weighted by atomic mass is 16.6. The van der Waals surface area contributed by atoms with Crippen molar-refractivity contribution in [2.45, 2.75) is 40.0 Å². The lowest BCUT2D eigenvalue weighted by Crippen LogP contribution is -2.08. The number of carbonyl (C=O) groups excluding carboxylic acids is 1. The third-order valence-electron chi connectivity index (χ3n) is 3.28. The first kappa shape index (κ1) is 17.8. The van der Waals surface area contributed by atoms with E-state index in [1.807, 2.05) is 0 Å². The summed E-state index contributed by atoms with van der Waals surface area (Å²) >= 11 is 0. The van der Waals surface area contributed by atoms with Crippen LogP contribution in [0.2, 0.25) is 0 Å². The molecule has 0 aliphatic rings. The summed E-state index contributed by atoms with van der Waals surface area (Å²) in [4.78, 5) is 11.9. The van der Waals surface area contributed by atoms with E-state index in [9.17, 15) is 9.90 Å². The maximum Gasteiger partial charge on any atom is 0.348 e. The van der Waals surface area contributed by atoms with Crippen LogP contribution in [0.3, 0.4) is 0 Å². The Labute approximate surface area is 132 Å². The number of allylic oxidation sites excluding steroid dienone is 3. The van der Waals surface area contributed by atoms with E-state index >= 15 is 0 Å². The number of aliphatic hydroxyl groups excluding tert-OH is 1. The van der Waals surface area contributed by atoms with E-state index in [1.54, 1.807) is 24.3 Å². The van der Waals surface area contributed by atoms with Crippen molar-refractivity contribution >= 4 is 11.7 Å². The van der Waals surface area contributed by atoms with Gasteiger partial charge in [0, 0.05) is 5.69 Å². The summed E-state index contributed by atoms with van der Waals surface area (Å²) in [6, 6.07) is 6.60. The quantitative estimate of drug-likeness (QED) is 0.334. The second kappa shape index (κ2) is 8.93. The van der Waals surface area contributed by atoms with Crippen LogP contribution in [0, 0.1) is 5.92 Å². The van der Waals surface area contributed by atoms with Crippen LogP contribution in [-0.2, 0) is 4.74 Å². The molecule has 0 spiro atoms. The zero-order chi connectivity index (χ0) is 16.5. The van der Waals surface area contributed by atoms with E-state index in [4.69, 9.17) is 10.5 Å². The Hall–Kier alpha value is -2.23. The van der Waals surface area contributed by atoms with Gasteiger partial charge in [0.25, 0.3) is 5.95 Å². The summed E-state index contributed by atoms with van der Waals surface area (Å²) < 4.78 is 4.90. The van der Waals surface area contributed by atoms with Crippen LogP contribution < -0.4 is 5.73 Å². The summed E-state index contributed by atoms with van der Waals surface area (Å²) in [6.07, 6.45) is 6.41. The molecule has 120 valence electrons. The van der Waals surface area contributed by atoms with Gasteiger partial charge < -0.3 is 15.6 Å². The van der Waals surface area contributed by atoms with Crippen LogP contribution in [0.25, 0.3) is 0 Å². The number of esters is 1. The number of ether oxygens (including phenoxy) is 1. The number of nitrogens with two attached hydrogens (primary N) is 1. The lowest BCUT2D eigenvalue weighted by atomic mass is 10.0. The van der Waals surface area contributed by atoms with Crippen LogP contribution in [0.15, 0.2) is 47.9 Å². The van der Waals surface area contributed by atoms with E-state index in [2.05, 4.69) is 26.8 Å². The molecule has 0 saturated carbocycles. The van der Waals surface area contributed by atoms with Gasteiger partial charge in [0.05, 0.1) is 5.56 Å². The number of nitrogen functional groups attached to an aromatic ring is 1. The SMILES string of the molecule is CC(C)=CCCC(C)CC=C(O)OC(=O)c1ccccc1N. The second-order valence-electron chi connectivity index (χ2n) is 5.72. The molecular formula is C18H25NO3. The Morgan fingerprint density at radius 1 is 1.32 bits per heavy atom. The molecule has 22 heavy (non-hydrogen) atoms. The van der Waals surface area contributed by atoms with Crippen LogP contribution >= 0.6 is 0 Å². The third kappa shape index (κ3) is 6.48. The van der Waals surface area contributed by atoms with Gasteiger partial charge in [0.2, 0.25) is 0 Å². The smallest absolute Gasteiger partial charge is 0.348 e. The van der Waals surface area contributed by atoms with Crippen molar-refractivity contribution in [2.75, 3.05) is 5.73 Å². The van der Waals surface area contributed by atoms with Crippen molar-refractivity contribution in [3.05, 3.63) is 53.5 Å². The number of benzene rings is 1. The molecule has 1 rings (SSSR count). The third-order valence-corrected chi connectivity index (χ3v) is 3.28. The van der Waals surface area contributed by atoms with Crippen molar-refractivity contribution in [1.82, 2.24) is 0 Å². The molecule has 4 heteroatoms. The van der Waals surface area contributed by atoms with Gasteiger partial charge in [-0.3, -0.25) is 0 Å². The molecule has 1 aromatic rings. The number of rotatable bonds is 7. The highest BCUT2D eigenvalue weighted by molar-refractivity contribution is 5.95. The van der Waals surface area contributed by atoms with Gasteiger partial charge in [-0.25, -0.2) is 4.79 Å². The molecule has 1 aromatic carbocycles. The molecule has 3 N–H and O–H groups in total. The van der Waals surface area contributed by atoms with E-state index < -0.39 is 5.97 Å². The second-order valence-corrected chi connectivity index (χ2v) is 5.72. The molecule has 0 radical (unpaired) electrons. The minimum atomic E-state index is -0.649. The molecular weight excluding hydrogens is 278 g/mol. The summed E-state index contributed by atoms with van der Waals surface area (Å²) in [7, 11) is 0. The summed E-state index contributed by atoms with van der Waals surface area (Å²) in [6.45, 7) is 6.25. The Morgan fingerprint density at radius 3 is 2.64 bits per heavy atom. The van der Waals surface area contributed by atoms with E-state index in [-0.39, 0.29) is 11.5 Å². The zero-order valence-corrected chi connectivity index (χ0v) is 13.5. The van der Waals surface area contributed by atoms with E-state index in [1.165, 1.54) is 11.6 Å². The lowest BCUT2D eigenvalue weighted by molar-refractivity contribution is 0.0443. The number of aliphatic hydroxyl groups is 1. The normalized spacial score (nSPS) is 12.6. The molecule has 0 aliphatic carbocycles. The molecule has 0 bridgehead atoms. The molecule has 0 aromatic heterocycles. The van der Waals surface area contributed by atoms with E-state index in [0.29, 0.717) is 18.0 Å². The number of para-hydroxylation sites is 1. The molecule has 0 saturated heterocycles. The van der Waals surface area contributed by atoms with Crippen molar-refractivity contribution in [1.29, 1.82) is 0 Å². The summed E-state index contributed by atoms with van der Waals surface area (Å²) in [5.41, 5.74) is 7.57. The maximum absolute atomic E-state index is 11.9. The predicted octanol–water partition coefficient (Wildman–Crippen LogP) is 4.60. The number of carbonyl (C=O) groups is 1. The number of hydrogen-bond donors (Lipinski definition) is 2.